The van der Waals surface area contributed by atoms with Crippen LogP contribution in [0.1, 0.15) is 29.7 Å². The zero-order valence-electron chi connectivity index (χ0n) is 17.6. The largest absolute Gasteiger partial charge is 0.380 e. The molecule has 0 radical (unpaired) electrons. The molecule has 2 aliphatic heterocycles. The summed E-state index contributed by atoms with van der Waals surface area (Å²) < 4.78 is 7.11. The van der Waals surface area contributed by atoms with E-state index in [0.29, 0.717) is 13.1 Å². The Balaban J connectivity index is 1.23. The van der Waals surface area contributed by atoms with Crippen LogP contribution in [0.25, 0.3) is 5.69 Å². The average Bonchev–Trinajstić information content (AvgIpc) is 3.24. The number of fused-ring (bicyclic) bond motifs is 1. The summed E-state index contributed by atoms with van der Waals surface area (Å²) in [6, 6.07) is 16.9. The van der Waals surface area contributed by atoms with Gasteiger partial charge < -0.3 is 20.1 Å². The number of rotatable bonds is 6. The van der Waals surface area contributed by atoms with E-state index in [9.17, 15) is 14.7 Å². The number of amides is 2. The number of hydrogen-bond acceptors (Lipinski definition) is 5. The van der Waals surface area contributed by atoms with Crippen LogP contribution in [0.15, 0.2) is 67.0 Å². The minimum atomic E-state index is -1.55. The molecule has 0 saturated carbocycles. The van der Waals surface area contributed by atoms with E-state index in [1.807, 2.05) is 67.7 Å². The van der Waals surface area contributed by atoms with E-state index < -0.39 is 23.5 Å². The molecule has 0 bridgehead atoms. The van der Waals surface area contributed by atoms with Crippen LogP contribution in [0.4, 0.5) is 0 Å². The van der Waals surface area contributed by atoms with E-state index in [2.05, 4.69) is 10.4 Å². The monoisotopic (exact) mass is 432 g/mol. The Bertz CT molecular complexity index is 1110. The maximum Gasteiger partial charge on any atom is 0.258 e. The molecule has 1 fully saturated rings. The second-order valence-electron chi connectivity index (χ2n) is 8.28. The Kier molecular flexibility index (Phi) is 5.03. The molecule has 2 aromatic carbocycles. The highest BCUT2D eigenvalue weighted by Crippen LogP contribution is 2.35. The fourth-order valence-electron chi connectivity index (χ4n) is 4.09. The van der Waals surface area contributed by atoms with Crippen molar-refractivity contribution < 1.29 is 19.4 Å². The lowest BCUT2D eigenvalue weighted by molar-refractivity contribution is -0.150. The van der Waals surface area contributed by atoms with E-state index in [1.165, 1.54) is 0 Å². The smallest absolute Gasteiger partial charge is 0.258 e. The lowest BCUT2D eigenvalue weighted by Crippen LogP contribution is -2.53. The predicted octanol–water partition coefficient (Wildman–Crippen LogP) is 1.72. The lowest BCUT2D eigenvalue weighted by Gasteiger charge is -2.25. The molecule has 0 unspecified atom stereocenters. The Labute approximate surface area is 185 Å². The van der Waals surface area contributed by atoms with Crippen LogP contribution in [-0.4, -0.2) is 49.9 Å². The van der Waals surface area contributed by atoms with Gasteiger partial charge in [-0.3, -0.25) is 9.59 Å². The molecule has 5 rings (SSSR count). The number of aromatic nitrogens is 2. The van der Waals surface area contributed by atoms with E-state index in [-0.39, 0.29) is 12.6 Å². The molecule has 3 aromatic rings. The van der Waals surface area contributed by atoms with Gasteiger partial charge in [0, 0.05) is 25.5 Å². The fraction of sp³-hybridized carbons (Fsp3) is 0.292. The SMILES string of the molecule is C[C@@H](NC(=O)[C@]1([C@@H](O)C(=O)N2Cc3ccccc3C2)CO1)c1ccc(-n2cccn2)cc1. The van der Waals surface area contributed by atoms with E-state index in [0.717, 1.165) is 22.4 Å². The molecule has 3 atom stereocenters. The van der Waals surface area contributed by atoms with Gasteiger partial charge in [0.25, 0.3) is 11.8 Å². The van der Waals surface area contributed by atoms with Crippen LogP contribution >= 0.6 is 0 Å². The third-order valence-corrected chi connectivity index (χ3v) is 6.18. The fourth-order valence-corrected chi connectivity index (χ4v) is 4.09. The highest BCUT2D eigenvalue weighted by Gasteiger charge is 2.61. The molecular formula is C24H24N4O4. The molecule has 8 nitrogen and oxygen atoms in total. The molecular weight excluding hydrogens is 408 g/mol. The number of aliphatic hydroxyl groups is 1. The third kappa shape index (κ3) is 3.57. The van der Waals surface area contributed by atoms with Gasteiger partial charge in [0.1, 0.15) is 0 Å². The van der Waals surface area contributed by atoms with E-state index in [1.54, 1.807) is 15.8 Å². The number of ether oxygens (including phenoxy) is 1. The summed E-state index contributed by atoms with van der Waals surface area (Å²) >= 11 is 0. The summed E-state index contributed by atoms with van der Waals surface area (Å²) in [5.41, 5.74) is 2.37. The number of epoxide rings is 1. The van der Waals surface area contributed by atoms with Crippen molar-refractivity contribution in [1.82, 2.24) is 20.0 Å². The molecule has 1 saturated heterocycles. The molecule has 164 valence electrons. The van der Waals surface area contributed by atoms with Gasteiger partial charge in [-0.15, -0.1) is 0 Å². The normalized spacial score (nSPS) is 21.0. The Hall–Kier alpha value is -3.49. The highest BCUT2D eigenvalue weighted by molar-refractivity contribution is 5.96. The number of hydrogen-bond donors (Lipinski definition) is 2. The number of aliphatic hydroxyl groups excluding tert-OH is 1. The first-order valence-corrected chi connectivity index (χ1v) is 10.6. The second-order valence-corrected chi connectivity index (χ2v) is 8.28. The minimum absolute atomic E-state index is 0.0114. The van der Waals surface area contributed by atoms with Gasteiger partial charge >= 0.3 is 0 Å². The van der Waals surface area contributed by atoms with Gasteiger partial charge in [0.2, 0.25) is 5.60 Å². The van der Waals surface area contributed by atoms with Gasteiger partial charge in [-0.1, -0.05) is 36.4 Å². The summed E-state index contributed by atoms with van der Waals surface area (Å²) in [4.78, 5) is 27.4. The Morgan fingerprint density at radius 1 is 1.09 bits per heavy atom. The van der Waals surface area contributed by atoms with Gasteiger partial charge in [-0.25, -0.2) is 4.68 Å². The minimum Gasteiger partial charge on any atom is -0.380 e. The predicted molar refractivity (Wildman–Crippen MR) is 116 cm³/mol. The van der Waals surface area contributed by atoms with Crippen LogP contribution in [0.3, 0.4) is 0 Å². The second kappa shape index (κ2) is 7.89. The average molecular weight is 432 g/mol. The molecule has 1 aromatic heterocycles. The zero-order chi connectivity index (χ0) is 22.3. The van der Waals surface area contributed by atoms with Crippen molar-refractivity contribution in [3.63, 3.8) is 0 Å². The summed E-state index contributed by atoms with van der Waals surface area (Å²) in [5.74, 6) is -0.983. The summed E-state index contributed by atoms with van der Waals surface area (Å²) in [7, 11) is 0. The number of carbonyl (C=O) groups is 2. The molecule has 0 spiro atoms. The van der Waals surface area contributed by atoms with Gasteiger partial charge in [0.15, 0.2) is 6.10 Å². The van der Waals surface area contributed by atoms with Crippen LogP contribution in [0.2, 0.25) is 0 Å². The number of nitrogens with zero attached hydrogens (tertiary/aromatic N) is 3. The van der Waals surface area contributed by atoms with Crippen LogP contribution in [0.5, 0.6) is 0 Å². The maximum atomic E-state index is 13.0. The van der Waals surface area contributed by atoms with E-state index in [4.69, 9.17) is 4.74 Å². The first kappa shape index (κ1) is 20.4. The third-order valence-electron chi connectivity index (χ3n) is 6.18. The molecule has 2 aliphatic rings. The zero-order valence-corrected chi connectivity index (χ0v) is 17.6. The summed E-state index contributed by atoms with van der Waals surface area (Å²) in [6.07, 6.45) is 2.01. The maximum absolute atomic E-state index is 13.0. The van der Waals surface area contributed by atoms with Crippen molar-refractivity contribution in [3.8, 4) is 5.69 Å². The topological polar surface area (TPSA) is 100.0 Å². The standard InChI is InChI=1S/C24H24N4O4/c1-16(17-7-9-20(10-8-17)28-12-4-11-25-28)26-23(31)24(15-32-24)21(29)22(30)27-13-18-5-2-3-6-19(18)14-27/h2-12,16,21,29H,13-15H2,1H3,(H,26,31)/t16-,21+,24-/m1/s1. The van der Waals surface area contributed by atoms with Gasteiger partial charge in [-0.2, -0.15) is 5.10 Å². The lowest BCUT2D eigenvalue weighted by atomic mass is 9.99. The van der Waals surface area contributed by atoms with Crippen molar-refractivity contribution >= 4 is 11.8 Å². The number of carbonyl (C=O) groups excluding carboxylic acids is 2. The van der Waals surface area contributed by atoms with Crippen molar-refractivity contribution in [2.45, 2.75) is 37.8 Å². The van der Waals surface area contributed by atoms with Crippen molar-refractivity contribution in [2.24, 2.45) is 0 Å². The van der Waals surface area contributed by atoms with Crippen molar-refractivity contribution in [1.29, 1.82) is 0 Å². The van der Waals surface area contributed by atoms with Gasteiger partial charge in [-0.05, 0) is 41.8 Å². The van der Waals surface area contributed by atoms with Crippen molar-refractivity contribution in [2.75, 3.05) is 6.61 Å². The molecule has 2 N–H and O–H groups in total. The van der Waals surface area contributed by atoms with Crippen LogP contribution in [0, 0.1) is 0 Å². The van der Waals surface area contributed by atoms with Crippen LogP contribution in [-0.2, 0) is 27.4 Å². The van der Waals surface area contributed by atoms with Gasteiger partial charge in [0.05, 0.1) is 18.3 Å². The number of nitrogens with one attached hydrogen (secondary N) is 1. The first-order valence-electron chi connectivity index (χ1n) is 10.6. The summed E-state index contributed by atoms with van der Waals surface area (Å²) in [5, 5.41) is 17.8. The quantitative estimate of drug-likeness (QED) is 0.578. The molecule has 32 heavy (non-hydrogen) atoms. The Morgan fingerprint density at radius 2 is 1.75 bits per heavy atom. The van der Waals surface area contributed by atoms with Crippen molar-refractivity contribution in [3.05, 3.63) is 83.7 Å². The van der Waals surface area contributed by atoms with E-state index >= 15 is 0 Å². The van der Waals surface area contributed by atoms with Crippen LogP contribution < -0.4 is 5.32 Å². The molecule has 3 heterocycles. The highest BCUT2D eigenvalue weighted by atomic mass is 16.6. The molecule has 0 aliphatic carbocycles. The molecule has 8 heteroatoms. The first-order chi connectivity index (χ1) is 15.5. The Morgan fingerprint density at radius 3 is 2.31 bits per heavy atom. The summed E-state index contributed by atoms with van der Waals surface area (Å²) in [6.45, 7) is 2.70. The molecule has 2 amide bonds. The number of benzene rings is 2.